The lowest BCUT2D eigenvalue weighted by molar-refractivity contribution is -0.161. The quantitative estimate of drug-likeness (QED) is 0.510. The maximum atomic E-state index is 15.7. The average molecular weight is 514 g/mol. The van der Waals surface area contributed by atoms with Crippen LogP contribution in [0.25, 0.3) is 10.9 Å². The maximum absolute atomic E-state index is 15.7. The van der Waals surface area contributed by atoms with Gasteiger partial charge in [0.1, 0.15) is 36.1 Å². The van der Waals surface area contributed by atoms with Gasteiger partial charge in [0.05, 0.1) is 18.8 Å². The van der Waals surface area contributed by atoms with Crippen LogP contribution >= 0.6 is 0 Å². The fourth-order valence-electron chi connectivity index (χ4n) is 5.84. The molecule has 0 spiro atoms. The van der Waals surface area contributed by atoms with Gasteiger partial charge in [-0.3, -0.25) is 14.1 Å². The second-order valence-electron chi connectivity index (χ2n) is 10.3. The third kappa shape index (κ3) is 4.28. The zero-order valence-electron chi connectivity index (χ0n) is 20.7. The molecule has 3 atom stereocenters. The predicted molar refractivity (Wildman–Crippen MR) is 132 cm³/mol. The van der Waals surface area contributed by atoms with Crippen LogP contribution in [0.2, 0.25) is 0 Å². The van der Waals surface area contributed by atoms with E-state index in [4.69, 9.17) is 9.47 Å². The Kier molecular flexibility index (Phi) is 6.36. The molecule has 3 aliphatic rings. The smallest absolute Gasteiger partial charge is 0.252 e. The Bertz CT molecular complexity index is 1300. The summed E-state index contributed by atoms with van der Waals surface area (Å²) >= 11 is 0. The van der Waals surface area contributed by atoms with Crippen molar-refractivity contribution in [2.45, 2.75) is 38.0 Å². The molecule has 9 heteroatoms. The van der Waals surface area contributed by atoms with Gasteiger partial charge < -0.3 is 19.4 Å². The van der Waals surface area contributed by atoms with Gasteiger partial charge in [0.2, 0.25) is 0 Å². The second-order valence-corrected chi connectivity index (χ2v) is 10.3. The minimum atomic E-state index is -0.962. The van der Waals surface area contributed by atoms with Crippen LogP contribution in [0.4, 0.5) is 13.2 Å². The van der Waals surface area contributed by atoms with E-state index in [0.717, 1.165) is 16.5 Å². The molecule has 4 heterocycles. The first-order valence-electron chi connectivity index (χ1n) is 12.9. The van der Waals surface area contributed by atoms with Crippen LogP contribution in [0.5, 0.6) is 5.75 Å². The highest BCUT2D eigenvalue weighted by Crippen LogP contribution is 2.43. The van der Waals surface area contributed by atoms with Crippen molar-refractivity contribution < 1.29 is 27.4 Å². The summed E-state index contributed by atoms with van der Waals surface area (Å²) in [7, 11) is 0. The summed E-state index contributed by atoms with van der Waals surface area (Å²) in [5.74, 6) is -1.65. The number of H-pyrrole nitrogens is 1. The maximum Gasteiger partial charge on any atom is 0.252 e. The van der Waals surface area contributed by atoms with Crippen LogP contribution in [0.3, 0.4) is 0 Å². The number of amides is 1. The Labute approximate surface area is 213 Å². The number of halogens is 3. The Morgan fingerprint density at radius 3 is 2.59 bits per heavy atom. The van der Waals surface area contributed by atoms with Crippen molar-refractivity contribution in [2.24, 2.45) is 5.92 Å². The Morgan fingerprint density at radius 1 is 1.19 bits per heavy atom. The third-order valence-corrected chi connectivity index (χ3v) is 7.85. The SMILES string of the molecule is C[C@@H]1Cc2c([nH]c3ccccc23)[C@@H](c2c(F)cc(OCCN3CC(CF)C3)cc2F)N1C(=O)C1CCO1. The van der Waals surface area contributed by atoms with E-state index in [0.29, 0.717) is 44.8 Å². The van der Waals surface area contributed by atoms with Crippen molar-refractivity contribution in [3.05, 3.63) is 64.9 Å². The molecule has 1 unspecified atom stereocenters. The molecule has 3 aromatic rings. The molecule has 0 saturated carbocycles. The zero-order valence-corrected chi connectivity index (χ0v) is 20.7. The first-order chi connectivity index (χ1) is 17.9. The van der Waals surface area contributed by atoms with Crippen molar-refractivity contribution in [3.8, 4) is 5.75 Å². The average Bonchev–Trinajstić information content (AvgIpc) is 3.17. The van der Waals surface area contributed by atoms with Crippen molar-refractivity contribution in [1.82, 2.24) is 14.8 Å². The molecule has 2 saturated heterocycles. The standard InChI is InChI=1S/C28H30F3N3O3/c1-16-10-20-19-4-2-3-5-23(19)32-26(20)27(34(16)28(35)24-6-8-37-24)25-21(30)11-18(12-22(25)31)36-9-7-33-14-17(13-29)15-33/h2-5,11-12,16-17,24,27,32H,6-10,13-15H2,1H3/t16-,24?,27-/m1/s1. The summed E-state index contributed by atoms with van der Waals surface area (Å²) < 4.78 is 55.1. The van der Waals surface area contributed by atoms with E-state index in [1.807, 2.05) is 36.1 Å². The molecular formula is C28H30F3N3O3. The van der Waals surface area contributed by atoms with Crippen LogP contribution in [-0.2, 0) is 16.0 Å². The fraction of sp³-hybridized carbons (Fsp3) is 0.464. The number of carbonyl (C=O) groups is 1. The number of para-hydroxylation sites is 1. The minimum absolute atomic E-state index is 0.0672. The summed E-state index contributed by atoms with van der Waals surface area (Å²) in [6.45, 7) is 4.22. The number of hydrogen-bond acceptors (Lipinski definition) is 4. The van der Waals surface area contributed by atoms with Crippen LogP contribution in [0.1, 0.15) is 36.2 Å². The second kappa shape index (κ2) is 9.68. The van der Waals surface area contributed by atoms with E-state index in [1.165, 1.54) is 12.1 Å². The Balaban J connectivity index is 1.33. The number of nitrogens with zero attached hydrogens (tertiary/aromatic N) is 2. The molecule has 196 valence electrons. The highest BCUT2D eigenvalue weighted by atomic mass is 19.1. The highest BCUT2D eigenvalue weighted by molar-refractivity contribution is 5.88. The molecular weight excluding hydrogens is 483 g/mol. The number of rotatable bonds is 7. The van der Waals surface area contributed by atoms with Gasteiger partial charge in [-0.2, -0.15) is 0 Å². The molecule has 3 aliphatic heterocycles. The van der Waals surface area contributed by atoms with Crippen molar-refractivity contribution in [2.75, 3.05) is 39.5 Å². The van der Waals surface area contributed by atoms with Gasteiger partial charge in [0.25, 0.3) is 5.91 Å². The summed E-state index contributed by atoms with van der Waals surface area (Å²) in [6, 6.07) is 8.86. The van der Waals surface area contributed by atoms with Crippen LogP contribution in [0, 0.1) is 17.6 Å². The number of aromatic nitrogens is 1. The van der Waals surface area contributed by atoms with Gasteiger partial charge in [-0.05, 0) is 25.0 Å². The van der Waals surface area contributed by atoms with Gasteiger partial charge in [0.15, 0.2) is 0 Å². The molecule has 1 N–H and O–H groups in total. The number of likely N-dealkylation sites (tertiary alicyclic amines) is 1. The van der Waals surface area contributed by atoms with Gasteiger partial charge in [-0.1, -0.05) is 18.2 Å². The third-order valence-electron chi connectivity index (χ3n) is 7.85. The van der Waals surface area contributed by atoms with E-state index in [9.17, 15) is 9.18 Å². The molecule has 2 fully saturated rings. The van der Waals surface area contributed by atoms with Crippen LogP contribution in [0.15, 0.2) is 36.4 Å². The number of ether oxygens (including phenoxy) is 2. The van der Waals surface area contributed by atoms with Gasteiger partial charge in [-0.15, -0.1) is 0 Å². The van der Waals surface area contributed by atoms with Crippen molar-refractivity contribution >= 4 is 16.8 Å². The van der Waals surface area contributed by atoms with Crippen LogP contribution in [-0.4, -0.2) is 72.4 Å². The van der Waals surface area contributed by atoms with Crippen LogP contribution < -0.4 is 4.74 Å². The van der Waals surface area contributed by atoms with Gasteiger partial charge >= 0.3 is 0 Å². The zero-order chi connectivity index (χ0) is 25.7. The molecule has 1 amide bonds. The Morgan fingerprint density at radius 2 is 1.92 bits per heavy atom. The van der Waals surface area contributed by atoms with E-state index >= 15 is 8.78 Å². The van der Waals surface area contributed by atoms with E-state index < -0.39 is 23.8 Å². The first kappa shape index (κ1) is 24.3. The Hall–Kier alpha value is -3.04. The molecule has 0 bridgehead atoms. The highest BCUT2D eigenvalue weighted by Gasteiger charge is 2.44. The first-order valence-corrected chi connectivity index (χ1v) is 12.9. The molecule has 0 aliphatic carbocycles. The van der Waals surface area contributed by atoms with E-state index in [2.05, 4.69) is 4.98 Å². The number of alkyl halides is 1. The van der Waals surface area contributed by atoms with Gasteiger partial charge in [-0.25, -0.2) is 8.78 Å². The molecule has 6 nitrogen and oxygen atoms in total. The predicted octanol–water partition coefficient (Wildman–Crippen LogP) is 4.38. The fourth-order valence-corrected chi connectivity index (χ4v) is 5.84. The normalized spacial score (nSPS) is 24.0. The molecule has 1 aromatic heterocycles. The number of benzene rings is 2. The van der Waals surface area contributed by atoms with E-state index in [1.54, 1.807) is 4.90 Å². The molecule has 2 aromatic carbocycles. The molecule has 6 rings (SSSR count). The van der Waals surface area contributed by atoms with Crippen molar-refractivity contribution in [3.63, 3.8) is 0 Å². The number of carbonyl (C=O) groups excluding carboxylic acids is 1. The number of fused-ring (bicyclic) bond motifs is 3. The number of aromatic amines is 1. The summed E-state index contributed by atoms with van der Waals surface area (Å²) in [5, 5.41) is 0.989. The molecule has 0 radical (unpaired) electrons. The summed E-state index contributed by atoms with van der Waals surface area (Å²) in [4.78, 5) is 20.4. The summed E-state index contributed by atoms with van der Waals surface area (Å²) in [6.07, 6.45) is 0.566. The number of hydrogen-bond donors (Lipinski definition) is 1. The summed E-state index contributed by atoms with van der Waals surface area (Å²) in [5.41, 5.74) is 2.26. The van der Waals surface area contributed by atoms with Gasteiger partial charge in [0, 0.05) is 66.7 Å². The lowest BCUT2D eigenvalue weighted by atomic mass is 9.87. The lowest BCUT2D eigenvalue weighted by Crippen LogP contribution is -2.53. The largest absolute Gasteiger partial charge is 0.492 e. The van der Waals surface area contributed by atoms with Crippen molar-refractivity contribution in [1.29, 1.82) is 0 Å². The monoisotopic (exact) mass is 513 g/mol. The minimum Gasteiger partial charge on any atom is -0.492 e. The molecule has 37 heavy (non-hydrogen) atoms. The lowest BCUT2D eigenvalue weighted by Gasteiger charge is -2.43. The number of nitrogens with one attached hydrogen (secondary N) is 1. The topological polar surface area (TPSA) is 57.8 Å². The van der Waals surface area contributed by atoms with E-state index in [-0.39, 0.29) is 42.5 Å².